The molecule has 0 amide bonds. The molecule has 0 aliphatic rings. The zero-order valence-electron chi connectivity index (χ0n) is 14.3. The molecule has 0 fully saturated rings. The van der Waals surface area contributed by atoms with Gasteiger partial charge in [-0.25, -0.2) is 8.42 Å². The van der Waals surface area contributed by atoms with E-state index in [0.717, 1.165) is 4.88 Å². The predicted molar refractivity (Wildman–Crippen MR) is 97.8 cm³/mol. The molecule has 0 unspecified atom stereocenters. The minimum Gasteiger partial charge on any atom is -0.497 e. The maximum Gasteiger partial charge on any atom is 0.263 e. The van der Waals surface area contributed by atoms with Crippen LogP contribution in [0.1, 0.15) is 15.4 Å². The van der Waals surface area contributed by atoms with Crippen molar-refractivity contribution in [1.82, 2.24) is 5.16 Å². The van der Waals surface area contributed by atoms with E-state index in [4.69, 9.17) is 9.26 Å². The maximum atomic E-state index is 13.0. The van der Waals surface area contributed by atoms with Gasteiger partial charge in [0.05, 0.1) is 18.4 Å². The lowest BCUT2D eigenvalue weighted by atomic mass is 10.2. The number of nitrogens with one attached hydrogen (secondary N) is 1. The van der Waals surface area contributed by atoms with Gasteiger partial charge >= 0.3 is 0 Å². The van der Waals surface area contributed by atoms with E-state index in [1.165, 1.54) is 11.3 Å². The van der Waals surface area contributed by atoms with Crippen molar-refractivity contribution in [3.63, 3.8) is 0 Å². The Morgan fingerprint density at radius 3 is 2.36 bits per heavy atom. The van der Waals surface area contributed by atoms with Crippen molar-refractivity contribution in [3.8, 4) is 17.1 Å². The molecular weight excluding hydrogens is 360 g/mol. The Bertz CT molecular complexity index is 1000. The van der Waals surface area contributed by atoms with Crippen LogP contribution in [0.5, 0.6) is 5.75 Å². The molecule has 0 atom stereocenters. The number of ether oxygens (including phenoxy) is 1. The second-order valence-electron chi connectivity index (χ2n) is 5.59. The number of hydrogen-bond donors (Lipinski definition) is 1. The molecule has 1 N–H and O–H groups in total. The number of rotatable bonds is 5. The normalized spacial score (nSPS) is 11.5. The highest BCUT2D eigenvalue weighted by molar-refractivity contribution is 7.93. The third-order valence-corrected chi connectivity index (χ3v) is 6.39. The van der Waals surface area contributed by atoms with Crippen LogP contribution in [-0.4, -0.2) is 20.7 Å². The van der Waals surface area contributed by atoms with E-state index in [9.17, 15) is 8.42 Å². The van der Waals surface area contributed by atoms with Crippen LogP contribution in [0.25, 0.3) is 11.3 Å². The molecule has 0 bridgehead atoms. The van der Waals surface area contributed by atoms with Gasteiger partial charge in [0.15, 0.2) is 5.76 Å². The average Bonchev–Trinajstić information content (AvgIpc) is 3.10. The van der Waals surface area contributed by atoms with Crippen molar-refractivity contribution in [3.05, 3.63) is 45.8 Å². The summed E-state index contributed by atoms with van der Waals surface area (Å²) < 4.78 is 39.0. The van der Waals surface area contributed by atoms with Crippen molar-refractivity contribution in [2.24, 2.45) is 0 Å². The number of aryl methyl sites for hydroxylation is 3. The van der Waals surface area contributed by atoms with Gasteiger partial charge in [0.2, 0.25) is 0 Å². The number of nitrogens with zero attached hydrogens (tertiary/aromatic N) is 1. The van der Waals surface area contributed by atoms with Gasteiger partial charge in [-0.05, 0) is 45.0 Å². The second kappa shape index (κ2) is 6.53. The van der Waals surface area contributed by atoms with Gasteiger partial charge in [-0.15, -0.1) is 11.3 Å². The molecule has 0 saturated carbocycles. The molecule has 0 spiro atoms. The summed E-state index contributed by atoms with van der Waals surface area (Å²) in [6.07, 6.45) is 0. The summed E-state index contributed by atoms with van der Waals surface area (Å²) in [4.78, 5) is 1.79. The van der Waals surface area contributed by atoms with Gasteiger partial charge in [-0.3, -0.25) is 4.72 Å². The van der Waals surface area contributed by atoms with Crippen LogP contribution in [0.4, 0.5) is 5.69 Å². The number of benzene rings is 1. The van der Waals surface area contributed by atoms with E-state index >= 15 is 0 Å². The molecule has 0 saturated heterocycles. The summed E-state index contributed by atoms with van der Waals surface area (Å²) in [5, 5.41) is 3.87. The van der Waals surface area contributed by atoms with Gasteiger partial charge in [0, 0.05) is 21.5 Å². The molecule has 1 aromatic carbocycles. The van der Waals surface area contributed by atoms with Gasteiger partial charge < -0.3 is 9.26 Å². The summed E-state index contributed by atoms with van der Waals surface area (Å²) in [6, 6.07) is 8.45. The van der Waals surface area contributed by atoms with Crippen molar-refractivity contribution >= 4 is 27.0 Å². The standard InChI is InChI=1S/C17H18N2O4S2/c1-10-9-15(23-18-10)16-11(2)24-12(3)17(16)25(20,21)19-13-5-7-14(22-4)8-6-13/h5-9,19H,1-4H3. The highest BCUT2D eigenvalue weighted by Gasteiger charge is 2.28. The highest BCUT2D eigenvalue weighted by atomic mass is 32.2. The van der Waals surface area contributed by atoms with Crippen LogP contribution >= 0.6 is 11.3 Å². The minimum absolute atomic E-state index is 0.224. The minimum atomic E-state index is -3.78. The summed E-state index contributed by atoms with van der Waals surface area (Å²) >= 11 is 1.42. The van der Waals surface area contributed by atoms with E-state index in [0.29, 0.717) is 33.3 Å². The fraction of sp³-hybridized carbons (Fsp3) is 0.235. The number of sulfonamides is 1. The summed E-state index contributed by atoms with van der Waals surface area (Å²) in [6.45, 7) is 5.45. The van der Waals surface area contributed by atoms with Gasteiger partial charge in [-0.1, -0.05) is 5.16 Å². The fourth-order valence-corrected chi connectivity index (χ4v) is 5.55. The number of thiophene rings is 1. The molecule has 132 valence electrons. The van der Waals surface area contributed by atoms with Crippen LogP contribution in [-0.2, 0) is 10.0 Å². The maximum absolute atomic E-state index is 13.0. The second-order valence-corrected chi connectivity index (χ2v) is 8.63. The molecular formula is C17H18N2O4S2. The predicted octanol–water partition coefficient (Wildman–Crippen LogP) is 4.14. The lowest BCUT2D eigenvalue weighted by molar-refractivity contribution is 0.415. The van der Waals surface area contributed by atoms with Crippen LogP contribution in [0.2, 0.25) is 0 Å². The highest BCUT2D eigenvalue weighted by Crippen LogP contribution is 2.39. The Morgan fingerprint density at radius 2 is 1.80 bits per heavy atom. The SMILES string of the molecule is COc1ccc(NS(=O)(=O)c2c(C)sc(C)c2-c2cc(C)no2)cc1. The van der Waals surface area contributed by atoms with Crippen LogP contribution in [0.3, 0.4) is 0 Å². The van der Waals surface area contributed by atoms with Crippen LogP contribution in [0.15, 0.2) is 39.8 Å². The molecule has 2 aromatic heterocycles. The number of anilines is 1. The van der Waals surface area contributed by atoms with Crippen molar-refractivity contribution in [1.29, 1.82) is 0 Å². The largest absolute Gasteiger partial charge is 0.497 e. The third-order valence-electron chi connectivity index (χ3n) is 3.69. The molecule has 25 heavy (non-hydrogen) atoms. The molecule has 6 nitrogen and oxygen atoms in total. The molecule has 0 radical (unpaired) electrons. The van der Waals surface area contributed by atoms with Gasteiger partial charge in [0.25, 0.3) is 10.0 Å². The topological polar surface area (TPSA) is 81.4 Å². The quantitative estimate of drug-likeness (QED) is 0.722. The first-order valence-corrected chi connectivity index (χ1v) is 9.82. The molecule has 0 aliphatic carbocycles. The zero-order chi connectivity index (χ0) is 18.2. The first-order chi connectivity index (χ1) is 11.8. The van der Waals surface area contributed by atoms with Crippen LogP contribution in [0, 0.1) is 20.8 Å². The third kappa shape index (κ3) is 3.40. The Morgan fingerprint density at radius 1 is 1.12 bits per heavy atom. The molecule has 3 rings (SSSR count). The Balaban J connectivity index is 2.05. The monoisotopic (exact) mass is 378 g/mol. The van der Waals surface area contributed by atoms with Crippen molar-refractivity contribution in [2.45, 2.75) is 25.7 Å². The van der Waals surface area contributed by atoms with Gasteiger partial charge in [-0.2, -0.15) is 0 Å². The van der Waals surface area contributed by atoms with E-state index in [1.54, 1.807) is 51.3 Å². The average molecular weight is 378 g/mol. The number of hydrogen-bond acceptors (Lipinski definition) is 6. The van der Waals surface area contributed by atoms with E-state index in [1.807, 2.05) is 6.92 Å². The summed E-state index contributed by atoms with van der Waals surface area (Å²) in [7, 11) is -2.22. The van der Waals surface area contributed by atoms with E-state index in [2.05, 4.69) is 9.88 Å². The van der Waals surface area contributed by atoms with Crippen LogP contribution < -0.4 is 9.46 Å². The summed E-state index contributed by atoms with van der Waals surface area (Å²) in [5.74, 6) is 1.11. The molecule has 3 aromatic rings. The van der Waals surface area contributed by atoms with E-state index in [-0.39, 0.29) is 4.90 Å². The first-order valence-electron chi connectivity index (χ1n) is 7.52. The fourth-order valence-electron chi connectivity index (χ4n) is 2.62. The first kappa shape index (κ1) is 17.5. The van der Waals surface area contributed by atoms with Crippen molar-refractivity contribution < 1.29 is 17.7 Å². The van der Waals surface area contributed by atoms with Crippen molar-refractivity contribution in [2.75, 3.05) is 11.8 Å². The molecule has 0 aliphatic heterocycles. The smallest absolute Gasteiger partial charge is 0.263 e. The molecule has 8 heteroatoms. The van der Waals surface area contributed by atoms with E-state index < -0.39 is 10.0 Å². The number of aromatic nitrogens is 1. The Kier molecular flexibility index (Phi) is 4.57. The van der Waals surface area contributed by atoms with Gasteiger partial charge in [0.1, 0.15) is 10.6 Å². The Hall–Kier alpha value is -2.32. The summed E-state index contributed by atoms with van der Waals surface area (Å²) in [5.41, 5.74) is 1.72. The lowest BCUT2D eigenvalue weighted by Crippen LogP contribution is -2.14. The Labute approximate surface area is 150 Å². The molecule has 2 heterocycles. The lowest BCUT2D eigenvalue weighted by Gasteiger charge is -2.10. The zero-order valence-corrected chi connectivity index (χ0v) is 15.9. The number of methoxy groups -OCH3 is 1.